The molecular weight excluding hydrogens is 369 g/mol. The smallest absolute Gasteiger partial charge is 0.276 e. The van der Waals surface area contributed by atoms with Gasteiger partial charge in [-0.3, -0.25) is 9.69 Å². The second kappa shape index (κ2) is 8.53. The lowest BCUT2D eigenvalue weighted by atomic mass is 10.2. The van der Waals surface area contributed by atoms with E-state index >= 15 is 0 Å². The third-order valence-corrected chi connectivity index (χ3v) is 5.32. The number of aromatic nitrogens is 3. The Labute approximate surface area is 169 Å². The van der Waals surface area contributed by atoms with Gasteiger partial charge in [0, 0.05) is 32.7 Å². The number of hydrogen-bond donors (Lipinski definition) is 0. The highest BCUT2D eigenvalue weighted by Crippen LogP contribution is 2.14. The topological polar surface area (TPSA) is 54.3 Å². The van der Waals surface area contributed by atoms with Gasteiger partial charge in [0.2, 0.25) is 0 Å². The highest BCUT2D eigenvalue weighted by Gasteiger charge is 2.26. The molecule has 0 radical (unpaired) electrons. The Balaban J connectivity index is 1.36. The molecule has 3 aromatic rings. The molecule has 0 bridgehead atoms. The van der Waals surface area contributed by atoms with Gasteiger partial charge in [-0.1, -0.05) is 47.7 Å². The summed E-state index contributed by atoms with van der Waals surface area (Å²) >= 11 is 0. The van der Waals surface area contributed by atoms with Crippen molar-refractivity contribution >= 4 is 5.91 Å². The minimum Gasteiger partial charge on any atom is -0.335 e. The van der Waals surface area contributed by atoms with Crippen LogP contribution in [0.5, 0.6) is 0 Å². The van der Waals surface area contributed by atoms with E-state index in [0.29, 0.717) is 31.9 Å². The molecule has 0 spiro atoms. The van der Waals surface area contributed by atoms with E-state index < -0.39 is 0 Å². The fraction of sp³-hybridized carbons (Fsp3) is 0.318. The first-order valence-corrected chi connectivity index (χ1v) is 9.80. The van der Waals surface area contributed by atoms with Crippen LogP contribution in [0.25, 0.3) is 0 Å². The van der Waals surface area contributed by atoms with Gasteiger partial charge in [0.25, 0.3) is 5.91 Å². The van der Waals surface area contributed by atoms with Gasteiger partial charge in [-0.25, -0.2) is 9.07 Å². The molecule has 7 heteroatoms. The van der Waals surface area contributed by atoms with Crippen LogP contribution in [0.1, 0.15) is 27.3 Å². The van der Waals surface area contributed by atoms with Crippen molar-refractivity contribution in [2.24, 2.45) is 0 Å². The number of rotatable bonds is 5. The Morgan fingerprint density at radius 3 is 2.41 bits per heavy atom. The first-order chi connectivity index (χ1) is 14.1. The highest BCUT2D eigenvalue weighted by molar-refractivity contribution is 5.93. The molecule has 0 atom stereocenters. The molecule has 0 saturated carbocycles. The van der Waals surface area contributed by atoms with Gasteiger partial charge < -0.3 is 4.90 Å². The number of amides is 1. The minimum absolute atomic E-state index is 0.0767. The van der Waals surface area contributed by atoms with Gasteiger partial charge in [0.15, 0.2) is 5.69 Å². The van der Waals surface area contributed by atoms with Crippen LogP contribution in [-0.2, 0) is 13.1 Å². The summed E-state index contributed by atoms with van der Waals surface area (Å²) in [6.07, 6.45) is 0. The van der Waals surface area contributed by atoms with Crippen LogP contribution in [0.2, 0.25) is 0 Å². The molecule has 0 unspecified atom stereocenters. The summed E-state index contributed by atoms with van der Waals surface area (Å²) < 4.78 is 15.1. The van der Waals surface area contributed by atoms with Crippen LogP contribution >= 0.6 is 0 Å². The fourth-order valence-electron chi connectivity index (χ4n) is 3.62. The van der Waals surface area contributed by atoms with E-state index in [9.17, 15) is 9.18 Å². The van der Waals surface area contributed by atoms with Crippen molar-refractivity contribution in [1.29, 1.82) is 0 Å². The van der Waals surface area contributed by atoms with Crippen LogP contribution in [0.15, 0.2) is 54.6 Å². The first-order valence-electron chi connectivity index (χ1n) is 9.80. The summed E-state index contributed by atoms with van der Waals surface area (Å²) in [6.45, 7) is 5.91. The van der Waals surface area contributed by atoms with E-state index in [1.165, 1.54) is 6.07 Å². The third-order valence-electron chi connectivity index (χ3n) is 5.32. The third kappa shape index (κ3) is 4.51. The SMILES string of the molecule is Cc1c(C(=O)N2CCN(Cc3cccc(F)c3)CC2)nnn1Cc1ccccc1. The van der Waals surface area contributed by atoms with E-state index in [2.05, 4.69) is 15.2 Å². The zero-order valence-electron chi connectivity index (χ0n) is 16.5. The van der Waals surface area contributed by atoms with Gasteiger partial charge in [-0.2, -0.15) is 0 Å². The average Bonchev–Trinajstić information content (AvgIpc) is 3.09. The van der Waals surface area contributed by atoms with Gasteiger partial charge in [-0.05, 0) is 30.2 Å². The number of halogens is 1. The van der Waals surface area contributed by atoms with Crippen molar-refractivity contribution in [3.8, 4) is 0 Å². The van der Waals surface area contributed by atoms with Crippen molar-refractivity contribution in [2.75, 3.05) is 26.2 Å². The highest BCUT2D eigenvalue weighted by atomic mass is 19.1. The maximum Gasteiger partial charge on any atom is 0.276 e. The predicted octanol–water partition coefficient (Wildman–Crippen LogP) is 2.73. The summed E-state index contributed by atoms with van der Waals surface area (Å²) in [5, 5.41) is 8.33. The lowest BCUT2D eigenvalue weighted by Crippen LogP contribution is -2.48. The molecule has 6 nitrogen and oxygen atoms in total. The second-order valence-electron chi connectivity index (χ2n) is 7.36. The quantitative estimate of drug-likeness (QED) is 0.669. The Kier molecular flexibility index (Phi) is 5.67. The molecule has 1 aliphatic rings. The largest absolute Gasteiger partial charge is 0.335 e. The monoisotopic (exact) mass is 393 g/mol. The summed E-state index contributed by atoms with van der Waals surface area (Å²) in [5.74, 6) is -0.294. The molecule has 1 amide bonds. The average molecular weight is 393 g/mol. The summed E-state index contributed by atoms with van der Waals surface area (Å²) in [6, 6.07) is 16.7. The molecule has 1 aliphatic heterocycles. The van der Waals surface area contributed by atoms with Crippen molar-refractivity contribution in [3.05, 3.63) is 82.9 Å². The molecule has 1 saturated heterocycles. The van der Waals surface area contributed by atoms with Gasteiger partial charge in [0.05, 0.1) is 12.2 Å². The molecule has 1 aromatic heterocycles. The molecule has 0 N–H and O–H groups in total. The summed E-state index contributed by atoms with van der Waals surface area (Å²) in [5.41, 5.74) is 3.26. The number of piperazine rings is 1. The fourth-order valence-corrected chi connectivity index (χ4v) is 3.62. The molecule has 0 aliphatic carbocycles. The van der Waals surface area contributed by atoms with Crippen LogP contribution in [0.4, 0.5) is 4.39 Å². The molecule has 1 fully saturated rings. The molecule has 29 heavy (non-hydrogen) atoms. The lowest BCUT2D eigenvalue weighted by Gasteiger charge is -2.34. The van der Waals surface area contributed by atoms with Crippen LogP contribution in [0, 0.1) is 12.7 Å². The Bertz CT molecular complexity index is 980. The summed E-state index contributed by atoms with van der Waals surface area (Å²) in [7, 11) is 0. The molecule has 150 valence electrons. The van der Waals surface area contributed by atoms with Gasteiger partial charge in [0.1, 0.15) is 5.82 Å². The normalized spacial score (nSPS) is 14.9. The standard InChI is InChI=1S/C22H24FN5O/c1-17-21(24-25-28(17)16-18-6-3-2-4-7-18)22(29)27-12-10-26(11-13-27)15-19-8-5-9-20(23)14-19/h2-9,14H,10-13,15-16H2,1H3. The van der Waals surface area contributed by atoms with Crippen LogP contribution < -0.4 is 0 Å². The number of hydrogen-bond acceptors (Lipinski definition) is 4. The van der Waals surface area contributed by atoms with Gasteiger partial charge >= 0.3 is 0 Å². The van der Waals surface area contributed by atoms with Crippen molar-refractivity contribution in [1.82, 2.24) is 24.8 Å². The molecule has 4 rings (SSSR count). The van der Waals surface area contributed by atoms with Crippen LogP contribution in [0.3, 0.4) is 0 Å². The van der Waals surface area contributed by atoms with Crippen molar-refractivity contribution in [3.63, 3.8) is 0 Å². The van der Waals surface area contributed by atoms with Crippen LogP contribution in [-0.4, -0.2) is 56.9 Å². The Morgan fingerprint density at radius 2 is 1.69 bits per heavy atom. The maximum atomic E-state index is 13.4. The zero-order chi connectivity index (χ0) is 20.2. The Morgan fingerprint density at radius 1 is 0.966 bits per heavy atom. The zero-order valence-corrected chi connectivity index (χ0v) is 16.5. The maximum absolute atomic E-state index is 13.4. The summed E-state index contributed by atoms with van der Waals surface area (Å²) in [4.78, 5) is 17.0. The van der Waals surface area contributed by atoms with E-state index in [1.54, 1.807) is 16.8 Å². The molecular formula is C22H24FN5O. The van der Waals surface area contributed by atoms with Gasteiger partial charge in [-0.15, -0.1) is 5.10 Å². The Hall–Kier alpha value is -3.06. The van der Waals surface area contributed by atoms with E-state index in [4.69, 9.17) is 0 Å². The first kappa shape index (κ1) is 19.3. The van der Waals surface area contributed by atoms with Crippen molar-refractivity contribution < 1.29 is 9.18 Å². The number of nitrogens with zero attached hydrogens (tertiary/aromatic N) is 5. The van der Waals surface area contributed by atoms with Crippen molar-refractivity contribution in [2.45, 2.75) is 20.0 Å². The van der Waals surface area contributed by atoms with E-state index in [0.717, 1.165) is 29.9 Å². The lowest BCUT2D eigenvalue weighted by molar-refractivity contribution is 0.0622. The molecule has 2 aromatic carbocycles. The number of carbonyl (C=O) groups excluding carboxylic acids is 1. The predicted molar refractivity (Wildman–Crippen MR) is 108 cm³/mol. The number of carbonyl (C=O) groups is 1. The second-order valence-corrected chi connectivity index (χ2v) is 7.36. The minimum atomic E-state index is -0.217. The van der Waals surface area contributed by atoms with E-state index in [1.807, 2.05) is 48.2 Å². The molecule has 2 heterocycles. The number of benzene rings is 2. The van der Waals surface area contributed by atoms with E-state index in [-0.39, 0.29) is 11.7 Å².